The number of pyridine rings is 2. The monoisotopic (exact) mass is 954 g/mol. The Kier molecular flexibility index (Phi) is 22.1. The smallest absolute Gasteiger partial charge is 1.00 e. The van der Waals surface area contributed by atoms with Crippen LogP contribution in [0.15, 0.2) is 48.8 Å². The van der Waals surface area contributed by atoms with Gasteiger partial charge in [-0.25, -0.2) is 29.3 Å². The summed E-state index contributed by atoms with van der Waals surface area (Å²) in [7, 11) is 0. The number of H-pyrrole nitrogens is 1. The van der Waals surface area contributed by atoms with Crippen molar-refractivity contribution in [1.82, 2.24) is 29.9 Å². The van der Waals surface area contributed by atoms with Crippen LogP contribution < -0.4 is 118 Å². The molecule has 322 valence electrons. The molecule has 0 aromatic carbocycles. The van der Waals surface area contributed by atoms with E-state index in [1.54, 1.807) is 50.0 Å². The molecule has 0 saturated heterocycles. The average Bonchev–Trinajstić information content (AvgIpc) is 4.02. The standard InChI is InChI=1S/C20H24ClN3O3.C10H11Cl2NO2.C10H14N2O.CH2O3.2K.H/c1-20(2,3)27-19(25)14-6-7-16(22-18(14)21)24-9-8-17(23-24)26-15-11-12-4-5-13(15)10-12;1-10(2,3)15-9(14)6-4-5-7(11)13-8(6)12;1-2-8-5-7(1)6-9(8)13-10-3-4-11-12-10;2-1-4-3;;;/h6-9,12-13,15H,4-5,10-11H2,1-3H3;4-5H,1-3H3;3-4,7-9H,1-2,5-6H2,(H,11,12);1,3H;;;/q;;;;2*+1;-1/p-1/t12-,13+,15-;;7-,8+,9-;;;;/m0.0..../s1. The number of aromatic amines is 1. The molecule has 4 aromatic rings. The van der Waals surface area contributed by atoms with E-state index in [2.05, 4.69) is 30.2 Å². The molecule has 0 unspecified atom stereocenters. The van der Waals surface area contributed by atoms with Gasteiger partial charge in [0, 0.05) is 18.3 Å². The fraction of sp³-hybridized carbons (Fsp3) is 0.537. The van der Waals surface area contributed by atoms with Crippen molar-refractivity contribution >= 4 is 53.2 Å². The van der Waals surface area contributed by atoms with Gasteiger partial charge in [-0.2, -0.15) is 5.10 Å². The molecule has 61 heavy (non-hydrogen) atoms. The largest absolute Gasteiger partial charge is 1.00 e. The fourth-order valence-electron chi connectivity index (χ4n) is 7.72. The third-order valence-corrected chi connectivity index (χ3v) is 10.9. The molecule has 4 heterocycles. The number of carbonyl (C=O) groups is 3. The van der Waals surface area contributed by atoms with E-state index in [-0.39, 0.29) is 143 Å². The normalized spacial score (nSPS) is 21.7. The zero-order valence-electron chi connectivity index (χ0n) is 36.9. The first-order valence-electron chi connectivity index (χ1n) is 19.5. The van der Waals surface area contributed by atoms with Crippen LogP contribution in [0.3, 0.4) is 0 Å². The van der Waals surface area contributed by atoms with Crippen molar-refractivity contribution in [3.05, 3.63) is 75.4 Å². The Hall–Kier alpha value is -1.17. The second-order valence-corrected chi connectivity index (χ2v) is 18.0. The first-order valence-corrected chi connectivity index (χ1v) is 20.6. The van der Waals surface area contributed by atoms with E-state index in [1.807, 2.05) is 32.9 Å². The molecular formula is C41H51Cl3K2N6O9. The third-order valence-electron chi connectivity index (χ3n) is 10.1. The fourth-order valence-corrected chi connectivity index (χ4v) is 8.37. The van der Waals surface area contributed by atoms with E-state index in [9.17, 15) is 9.59 Å². The average molecular weight is 956 g/mol. The van der Waals surface area contributed by atoms with Crippen molar-refractivity contribution in [2.24, 2.45) is 23.7 Å². The van der Waals surface area contributed by atoms with E-state index < -0.39 is 23.1 Å². The molecule has 4 saturated carbocycles. The van der Waals surface area contributed by atoms with E-state index in [1.165, 1.54) is 57.1 Å². The van der Waals surface area contributed by atoms with Gasteiger partial charge in [0.25, 0.3) is 6.47 Å². The number of aromatic nitrogens is 6. The van der Waals surface area contributed by atoms with Crippen LogP contribution in [0.1, 0.15) is 115 Å². The number of halogens is 3. The zero-order valence-corrected chi connectivity index (χ0v) is 44.4. The molecule has 15 nitrogen and oxygen atoms in total. The Morgan fingerprint density at radius 1 is 0.770 bits per heavy atom. The molecule has 1 N–H and O–H groups in total. The van der Waals surface area contributed by atoms with Crippen LogP contribution >= 0.6 is 34.8 Å². The Morgan fingerprint density at radius 2 is 1.30 bits per heavy atom. The number of carbonyl (C=O) groups excluding carboxylic acids is 3. The summed E-state index contributed by atoms with van der Waals surface area (Å²) < 4.78 is 24.0. The van der Waals surface area contributed by atoms with Crippen molar-refractivity contribution < 1.29 is 148 Å². The van der Waals surface area contributed by atoms with Gasteiger partial charge in [0.15, 0.2) is 5.82 Å². The first kappa shape index (κ1) is 54.2. The van der Waals surface area contributed by atoms with Gasteiger partial charge < -0.3 is 30.5 Å². The van der Waals surface area contributed by atoms with Crippen LogP contribution in [-0.4, -0.2) is 71.8 Å². The predicted octanol–water partition coefficient (Wildman–Crippen LogP) is 2.32. The Bertz CT molecular complexity index is 2040. The topological polar surface area (TPSA) is 193 Å². The summed E-state index contributed by atoms with van der Waals surface area (Å²) in [6.45, 7) is 10.6. The van der Waals surface area contributed by atoms with Crippen molar-refractivity contribution in [3.8, 4) is 17.6 Å². The second-order valence-electron chi connectivity index (χ2n) is 16.9. The number of nitrogens with zero attached hydrogens (tertiary/aromatic N) is 5. The minimum absolute atomic E-state index is 0. The number of ether oxygens (including phenoxy) is 4. The number of esters is 2. The molecule has 0 amide bonds. The van der Waals surface area contributed by atoms with Gasteiger partial charge in [-0.05, 0) is 141 Å². The minimum atomic E-state index is -0.590. The summed E-state index contributed by atoms with van der Waals surface area (Å²) in [4.78, 5) is 43.1. The summed E-state index contributed by atoms with van der Waals surface area (Å²) in [6.07, 6.45) is 14.7. The van der Waals surface area contributed by atoms with Crippen LogP contribution in [0.25, 0.3) is 5.82 Å². The van der Waals surface area contributed by atoms with Crippen LogP contribution in [0.5, 0.6) is 11.8 Å². The third kappa shape index (κ3) is 17.0. The Labute approximate surface area is 457 Å². The molecule has 0 aliphatic heterocycles. The Morgan fingerprint density at radius 3 is 1.72 bits per heavy atom. The van der Waals surface area contributed by atoms with Gasteiger partial charge >= 0.3 is 115 Å². The van der Waals surface area contributed by atoms with Gasteiger partial charge in [-0.3, -0.25) is 4.79 Å². The maximum Gasteiger partial charge on any atom is 1.00 e. The van der Waals surface area contributed by atoms with Crippen molar-refractivity contribution in [2.75, 3.05) is 0 Å². The number of nitrogens with one attached hydrogen (secondary N) is 1. The molecule has 6 atom stereocenters. The quantitative estimate of drug-likeness (QED) is 0.0677. The molecule has 4 fully saturated rings. The summed E-state index contributed by atoms with van der Waals surface area (Å²) >= 11 is 17.6. The maximum atomic E-state index is 12.2. The summed E-state index contributed by atoms with van der Waals surface area (Å²) in [5.41, 5.74) is -0.690. The number of hydrogen-bond acceptors (Lipinski definition) is 13. The molecule has 4 aliphatic carbocycles. The molecule has 4 bridgehead atoms. The van der Waals surface area contributed by atoms with Gasteiger partial charge in [0.1, 0.15) is 38.9 Å². The molecule has 0 spiro atoms. The van der Waals surface area contributed by atoms with Gasteiger partial charge in [-0.15, -0.1) is 5.10 Å². The molecule has 4 aromatic heterocycles. The van der Waals surface area contributed by atoms with E-state index in [0.29, 0.717) is 23.7 Å². The molecule has 20 heteroatoms. The number of fused-ring (bicyclic) bond motifs is 4. The van der Waals surface area contributed by atoms with Crippen LogP contribution in [0.2, 0.25) is 15.5 Å². The molecule has 4 aliphatic rings. The summed E-state index contributed by atoms with van der Waals surface area (Å²) in [5, 5.41) is 20.0. The summed E-state index contributed by atoms with van der Waals surface area (Å²) in [5.74, 6) is 4.20. The van der Waals surface area contributed by atoms with Crippen LogP contribution in [-0.2, 0) is 19.2 Å². The van der Waals surface area contributed by atoms with Crippen molar-refractivity contribution in [2.45, 2.75) is 116 Å². The maximum absolute atomic E-state index is 12.2. The number of rotatable bonds is 8. The van der Waals surface area contributed by atoms with E-state index in [0.717, 1.165) is 30.1 Å². The van der Waals surface area contributed by atoms with E-state index >= 15 is 0 Å². The van der Waals surface area contributed by atoms with Crippen LogP contribution in [0.4, 0.5) is 0 Å². The van der Waals surface area contributed by atoms with Gasteiger partial charge in [0.05, 0.1) is 17.3 Å². The summed E-state index contributed by atoms with van der Waals surface area (Å²) in [6, 6.07) is 10.0. The zero-order chi connectivity index (χ0) is 42.9. The molecular weight excluding hydrogens is 905 g/mol. The number of hydrogen-bond donors (Lipinski definition) is 1. The molecule has 8 rings (SSSR count). The van der Waals surface area contributed by atoms with E-state index in [4.69, 9.17) is 63.8 Å². The predicted molar refractivity (Wildman–Crippen MR) is 218 cm³/mol. The molecule has 0 radical (unpaired) electrons. The minimum Gasteiger partial charge on any atom is -1.00 e. The van der Waals surface area contributed by atoms with Crippen molar-refractivity contribution in [3.63, 3.8) is 0 Å². The van der Waals surface area contributed by atoms with Gasteiger partial charge in [-0.1, -0.05) is 34.8 Å². The van der Waals surface area contributed by atoms with Gasteiger partial charge in [0.2, 0.25) is 11.8 Å². The first-order chi connectivity index (χ1) is 27.9. The van der Waals surface area contributed by atoms with Crippen molar-refractivity contribution in [1.29, 1.82) is 0 Å². The van der Waals surface area contributed by atoms with Crippen LogP contribution in [0, 0.1) is 23.7 Å². The Balaban J connectivity index is 0.000000322. The SMILES string of the molecule is CC(C)(C)OC(=O)c1ccc(-n2ccc(O[C@H]3C[C@H]4CC[C@@H]3C4)n2)nc1Cl.CC(C)(C)OC(=O)c1ccc(Cl)nc1Cl.O=CO[O-].[H-].[K+].[K+].c1cc(O[C@H]2C[C@H]3CC[C@@H]2C3)[nH]n1. The second kappa shape index (κ2) is 24.9.